The third kappa shape index (κ3) is 4.70. The van der Waals surface area contributed by atoms with Crippen LogP contribution >= 0.6 is 15.9 Å². The standard InChI is InChI=1S/C22H17BrN4O4/c1-14-17(12-24)21(28)26(10-9-15-5-3-2-4-6-15)22(29)18(14)13-25-20-8-7-16(27(30)31)11-19(20)23/h2-8,11,13,29H,9-10H2,1H3. The van der Waals surface area contributed by atoms with Crippen molar-refractivity contribution in [1.82, 2.24) is 4.57 Å². The predicted octanol–water partition coefficient (Wildman–Crippen LogP) is 4.40. The number of nitrogens with zero attached hydrogens (tertiary/aromatic N) is 4. The maximum Gasteiger partial charge on any atom is 0.271 e. The fraction of sp³-hybridized carbons (Fsp3) is 0.136. The highest BCUT2D eigenvalue weighted by molar-refractivity contribution is 9.10. The first-order chi connectivity index (χ1) is 14.8. The topological polar surface area (TPSA) is 122 Å². The molecule has 0 bridgehead atoms. The highest BCUT2D eigenvalue weighted by Gasteiger charge is 2.18. The number of benzene rings is 2. The lowest BCUT2D eigenvalue weighted by molar-refractivity contribution is -0.384. The number of non-ortho nitro benzene ring substituents is 1. The molecule has 0 aliphatic carbocycles. The Hall–Kier alpha value is -3.77. The van der Waals surface area contributed by atoms with Crippen molar-refractivity contribution in [3.8, 4) is 11.9 Å². The van der Waals surface area contributed by atoms with Gasteiger partial charge in [-0.3, -0.25) is 24.5 Å². The van der Waals surface area contributed by atoms with Gasteiger partial charge in [-0.2, -0.15) is 5.26 Å². The monoisotopic (exact) mass is 480 g/mol. The lowest BCUT2D eigenvalue weighted by Gasteiger charge is -2.14. The zero-order valence-electron chi connectivity index (χ0n) is 16.4. The van der Waals surface area contributed by atoms with Gasteiger partial charge in [0.25, 0.3) is 11.2 Å². The van der Waals surface area contributed by atoms with Gasteiger partial charge in [-0.15, -0.1) is 0 Å². The third-order valence-corrected chi connectivity index (χ3v) is 5.42. The van der Waals surface area contributed by atoms with E-state index in [0.717, 1.165) is 10.1 Å². The van der Waals surface area contributed by atoms with Gasteiger partial charge in [-0.25, -0.2) is 0 Å². The van der Waals surface area contributed by atoms with E-state index < -0.39 is 10.5 Å². The van der Waals surface area contributed by atoms with Crippen molar-refractivity contribution < 1.29 is 10.0 Å². The van der Waals surface area contributed by atoms with Crippen molar-refractivity contribution in [3.05, 3.63) is 95.7 Å². The van der Waals surface area contributed by atoms with Gasteiger partial charge in [0.05, 0.1) is 16.2 Å². The zero-order chi connectivity index (χ0) is 22.5. The van der Waals surface area contributed by atoms with Crippen LogP contribution in [0.4, 0.5) is 11.4 Å². The Kier molecular flexibility index (Phi) is 6.62. The van der Waals surface area contributed by atoms with E-state index in [1.807, 2.05) is 36.4 Å². The number of hydrogen-bond acceptors (Lipinski definition) is 6. The number of aryl methyl sites for hydroxylation is 1. The molecule has 0 saturated carbocycles. The molecule has 0 radical (unpaired) electrons. The smallest absolute Gasteiger partial charge is 0.271 e. The number of aromatic hydroxyl groups is 1. The van der Waals surface area contributed by atoms with Crippen LogP contribution in [0.15, 0.2) is 62.8 Å². The van der Waals surface area contributed by atoms with Crippen LogP contribution in [-0.2, 0) is 13.0 Å². The average molecular weight is 481 g/mol. The Labute approximate surface area is 186 Å². The number of halogens is 1. The average Bonchev–Trinajstić information content (AvgIpc) is 2.75. The summed E-state index contributed by atoms with van der Waals surface area (Å²) >= 11 is 3.24. The van der Waals surface area contributed by atoms with Gasteiger partial charge < -0.3 is 5.11 Å². The summed E-state index contributed by atoms with van der Waals surface area (Å²) in [5.74, 6) is -0.292. The molecule has 0 unspecified atom stereocenters. The summed E-state index contributed by atoms with van der Waals surface area (Å²) in [5.41, 5.74) is 1.18. The van der Waals surface area contributed by atoms with Gasteiger partial charge in [0.15, 0.2) is 0 Å². The van der Waals surface area contributed by atoms with Crippen LogP contribution < -0.4 is 5.56 Å². The van der Waals surface area contributed by atoms with Crippen LogP contribution in [0.3, 0.4) is 0 Å². The molecule has 9 heteroatoms. The van der Waals surface area contributed by atoms with Gasteiger partial charge >= 0.3 is 0 Å². The van der Waals surface area contributed by atoms with Crippen LogP contribution in [-0.4, -0.2) is 20.8 Å². The van der Waals surface area contributed by atoms with Crippen LogP contribution in [0.5, 0.6) is 5.88 Å². The van der Waals surface area contributed by atoms with Crippen molar-refractivity contribution in [3.63, 3.8) is 0 Å². The first-order valence-corrected chi connectivity index (χ1v) is 10.0. The molecular weight excluding hydrogens is 464 g/mol. The van der Waals surface area contributed by atoms with Crippen molar-refractivity contribution in [1.29, 1.82) is 5.26 Å². The van der Waals surface area contributed by atoms with E-state index in [1.165, 1.54) is 24.4 Å². The minimum atomic E-state index is -0.568. The lowest BCUT2D eigenvalue weighted by atomic mass is 10.1. The van der Waals surface area contributed by atoms with Crippen LogP contribution in [0, 0.1) is 28.4 Å². The fourth-order valence-corrected chi connectivity index (χ4v) is 3.54. The van der Waals surface area contributed by atoms with E-state index in [9.17, 15) is 25.3 Å². The van der Waals surface area contributed by atoms with E-state index in [0.29, 0.717) is 22.1 Å². The van der Waals surface area contributed by atoms with E-state index in [4.69, 9.17) is 0 Å². The number of hydrogen-bond donors (Lipinski definition) is 1. The molecule has 0 saturated heterocycles. The van der Waals surface area contributed by atoms with Gasteiger partial charge in [0, 0.05) is 29.4 Å². The zero-order valence-corrected chi connectivity index (χ0v) is 18.0. The Balaban J connectivity index is 2.02. The summed E-state index contributed by atoms with van der Waals surface area (Å²) in [6, 6.07) is 15.5. The number of pyridine rings is 1. The van der Waals surface area contributed by atoms with Gasteiger partial charge in [0.1, 0.15) is 11.6 Å². The van der Waals surface area contributed by atoms with Crippen molar-refractivity contribution in [2.24, 2.45) is 4.99 Å². The third-order valence-electron chi connectivity index (χ3n) is 4.79. The van der Waals surface area contributed by atoms with E-state index in [2.05, 4.69) is 20.9 Å². The number of nitro benzene ring substituents is 1. The summed E-state index contributed by atoms with van der Waals surface area (Å²) in [4.78, 5) is 27.4. The molecule has 3 aromatic rings. The predicted molar refractivity (Wildman–Crippen MR) is 120 cm³/mol. The minimum Gasteiger partial charge on any atom is -0.494 e. The number of aromatic nitrogens is 1. The highest BCUT2D eigenvalue weighted by Crippen LogP contribution is 2.30. The molecule has 0 aliphatic heterocycles. The van der Waals surface area contributed by atoms with Crippen molar-refractivity contribution in [2.45, 2.75) is 19.9 Å². The molecule has 1 aromatic heterocycles. The van der Waals surface area contributed by atoms with E-state index in [-0.39, 0.29) is 29.2 Å². The highest BCUT2D eigenvalue weighted by atomic mass is 79.9. The SMILES string of the molecule is Cc1c(C=Nc2ccc([N+](=O)[O-])cc2Br)c(O)n(CCc2ccccc2)c(=O)c1C#N. The number of rotatable bonds is 6. The lowest BCUT2D eigenvalue weighted by Crippen LogP contribution is -2.26. The molecular formula is C22H17BrN4O4. The Morgan fingerprint density at radius 2 is 2.00 bits per heavy atom. The Morgan fingerprint density at radius 1 is 1.29 bits per heavy atom. The molecule has 0 aliphatic rings. The van der Waals surface area contributed by atoms with Crippen LogP contribution in [0.25, 0.3) is 0 Å². The van der Waals surface area contributed by atoms with E-state index in [1.54, 1.807) is 6.92 Å². The summed E-state index contributed by atoms with van der Waals surface area (Å²) in [7, 11) is 0. The minimum absolute atomic E-state index is 0.0740. The second-order valence-electron chi connectivity index (χ2n) is 6.69. The maximum atomic E-state index is 12.7. The fourth-order valence-electron chi connectivity index (χ4n) is 3.07. The number of aliphatic imine (C=N–C) groups is 1. The molecule has 0 fully saturated rings. The maximum absolute atomic E-state index is 12.7. The van der Waals surface area contributed by atoms with Gasteiger partial charge in [-0.05, 0) is 46.5 Å². The molecule has 31 heavy (non-hydrogen) atoms. The number of nitro groups is 1. The molecule has 1 N–H and O–H groups in total. The molecule has 2 aromatic carbocycles. The normalized spacial score (nSPS) is 10.9. The second kappa shape index (κ2) is 9.36. The molecule has 0 amide bonds. The van der Waals surface area contributed by atoms with Crippen molar-refractivity contribution >= 4 is 33.5 Å². The molecule has 3 rings (SSSR count). The second-order valence-corrected chi connectivity index (χ2v) is 7.55. The molecule has 156 valence electrons. The van der Waals surface area contributed by atoms with Gasteiger partial charge in [0.2, 0.25) is 5.88 Å². The Bertz CT molecular complexity index is 1280. The first-order valence-electron chi connectivity index (χ1n) is 9.22. The van der Waals surface area contributed by atoms with Gasteiger partial charge in [-0.1, -0.05) is 30.3 Å². The molecule has 0 spiro atoms. The molecule has 1 heterocycles. The molecule has 0 atom stereocenters. The van der Waals surface area contributed by atoms with E-state index >= 15 is 0 Å². The summed E-state index contributed by atoms with van der Waals surface area (Å²) in [6.45, 7) is 1.75. The molecule has 8 nitrogen and oxygen atoms in total. The number of nitriles is 1. The quantitative estimate of drug-likeness (QED) is 0.318. The van der Waals surface area contributed by atoms with Crippen LogP contribution in [0.1, 0.15) is 22.3 Å². The summed E-state index contributed by atoms with van der Waals surface area (Å²) in [5, 5.41) is 31.1. The largest absolute Gasteiger partial charge is 0.494 e. The first kappa shape index (κ1) is 21.9. The van der Waals surface area contributed by atoms with Crippen molar-refractivity contribution in [2.75, 3.05) is 0 Å². The summed E-state index contributed by atoms with van der Waals surface area (Å²) in [6.07, 6.45) is 1.84. The van der Waals surface area contributed by atoms with Crippen LogP contribution in [0.2, 0.25) is 0 Å². The summed E-state index contributed by atoms with van der Waals surface area (Å²) < 4.78 is 1.55. The Morgan fingerprint density at radius 3 is 2.61 bits per heavy atom.